The van der Waals surface area contributed by atoms with Crippen molar-refractivity contribution in [1.82, 2.24) is 25.4 Å². The zero-order chi connectivity index (χ0) is 35.0. The second-order valence-corrected chi connectivity index (χ2v) is 14.6. The van der Waals surface area contributed by atoms with Crippen molar-refractivity contribution >= 4 is 72.5 Å². The molecular formula is C30H35B4ClF3N7O2S. The van der Waals surface area contributed by atoms with Crippen LogP contribution in [-0.4, -0.2) is 84.9 Å². The first-order valence-electron chi connectivity index (χ1n) is 15.6. The number of hydrogen-bond donors (Lipinski definition) is 4. The van der Waals surface area contributed by atoms with Crippen LogP contribution in [0.2, 0.25) is 15.6 Å². The van der Waals surface area contributed by atoms with Gasteiger partial charge in [-0.25, -0.2) is 9.97 Å². The van der Waals surface area contributed by atoms with Crippen molar-refractivity contribution < 1.29 is 22.7 Å². The fourth-order valence-corrected chi connectivity index (χ4v) is 6.86. The second kappa shape index (κ2) is 14.1. The number of amides is 1. The quantitative estimate of drug-likeness (QED) is 0.0981. The van der Waals surface area contributed by atoms with Gasteiger partial charge in [0.2, 0.25) is 0 Å². The summed E-state index contributed by atoms with van der Waals surface area (Å²) in [4.78, 5) is 21.7. The van der Waals surface area contributed by atoms with E-state index in [-0.39, 0.29) is 29.1 Å². The molecule has 2 aromatic heterocycles. The monoisotopic (exact) mass is 693 g/mol. The Morgan fingerprint density at radius 2 is 1.92 bits per heavy atom. The first-order valence-corrected chi connectivity index (χ1v) is 16.8. The maximum Gasteiger partial charge on any atom is 0.393 e. The van der Waals surface area contributed by atoms with Gasteiger partial charge in [-0.2, -0.15) is 18.6 Å². The molecule has 1 saturated carbocycles. The summed E-state index contributed by atoms with van der Waals surface area (Å²) in [5.41, 5.74) is 0.890. The minimum Gasteiger partial charge on any atom is -0.370 e. The molecule has 2 atom stereocenters. The number of hydrogen-bond acceptors (Lipinski definition) is 9. The standard InChI is InChI=1S/C30H35B4ClF3N7O2S/c1-26(2)15-18(16-40-26)5-4-13-39-20-6-3-7-23(41-20)48-44-25(46)19-8-9-21(42-24(19)35)45-14-10-22(43-45)47-17-28(31,32)29(33,34)27(11-12-27)30(36,37)38/h3,6-10,14,18,22,40,43H,4-5,11-13,15-17H2,1-2H3,(H,39,41)(H,44,46). The number of anilines is 2. The number of rotatable bonds is 14. The molecule has 2 aromatic rings. The van der Waals surface area contributed by atoms with Crippen LogP contribution >= 0.6 is 23.5 Å². The van der Waals surface area contributed by atoms with Crippen molar-refractivity contribution in [3.8, 4) is 0 Å². The molecule has 5 rings (SSSR count). The van der Waals surface area contributed by atoms with E-state index in [0.717, 1.165) is 43.7 Å². The van der Waals surface area contributed by atoms with Crippen LogP contribution in [0.15, 0.2) is 47.6 Å². The predicted octanol–water partition coefficient (Wildman–Crippen LogP) is 4.58. The van der Waals surface area contributed by atoms with E-state index in [1.54, 1.807) is 24.4 Å². The van der Waals surface area contributed by atoms with E-state index in [0.29, 0.717) is 16.8 Å². The highest BCUT2D eigenvalue weighted by atomic mass is 35.5. The molecule has 1 aliphatic carbocycles. The van der Waals surface area contributed by atoms with Crippen LogP contribution in [0.25, 0.3) is 0 Å². The summed E-state index contributed by atoms with van der Waals surface area (Å²) in [5, 5.41) is 4.23. The Labute approximate surface area is 293 Å². The molecule has 1 amide bonds. The predicted molar refractivity (Wildman–Crippen MR) is 185 cm³/mol. The number of halogens is 4. The van der Waals surface area contributed by atoms with Gasteiger partial charge in [-0.3, -0.25) is 14.5 Å². The van der Waals surface area contributed by atoms with E-state index in [4.69, 9.17) is 47.7 Å². The lowest BCUT2D eigenvalue weighted by atomic mass is 9.26. The highest BCUT2D eigenvalue weighted by molar-refractivity contribution is 7.97. The molecule has 2 aliphatic heterocycles. The average molecular weight is 693 g/mol. The zero-order valence-electron chi connectivity index (χ0n) is 26.7. The van der Waals surface area contributed by atoms with Crippen molar-refractivity contribution in [3.05, 3.63) is 53.3 Å². The Balaban J connectivity index is 1.07. The van der Waals surface area contributed by atoms with E-state index < -0.39 is 40.8 Å². The first kappa shape index (κ1) is 36.9. The molecule has 48 heavy (non-hydrogen) atoms. The number of nitrogens with one attached hydrogen (secondary N) is 4. The fraction of sp³-hybridized carbons (Fsp3) is 0.567. The lowest BCUT2D eigenvalue weighted by Crippen LogP contribution is -2.49. The topological polar surface area (TPSA) is 103 Å². The Bertz CT molecular complexity index is 1520. The van der Waals surface area contributed by atoms with Gasteiger partial charge in [-0.1, -0.05) is 28.1 Å². The third kappa shape index (κ3) is 8.17. The van der Waals surface area contributed by atoms with E-state index in [1.165, 1.54) is 17.5 Å². The van der Waals surface area contributed by atoms with Gasteiger partial charge in [0.15, 0.2) is 0 Å². The molecule has 2 unspecified atom stereocenters. The third-order valence-corrected chi connectivity index (χ3v) is 10.1. The summed E-state index contributed by atoms with van der Waals surface area (Å²) in [5.74, 6) is 1.25. The molecule has 0 aromatic carbocycles. The second-order valence-electron chi connectivity index (χ2n) is 13.4. The van der Waals surface area contributed by atoms with Gasteiger partial charge in [0, 0.05) is 36.8 Å². The summed E-state index contributed by atoms with van der Waals surface area (Å²) in [6, 6.07) is 8.59. The van der Waals surface area contributed by atoms with Gasteiger partial charge in [0.05, 0.1) is 42.4 Å². The lowest BCUT2D eigenvalue weighted by molar-refractivity contribution is -0.194. The number of nitrogens with zero attached hydrogens (tertiary/aromatic N) is 3. The number of carbonyl (C=O) groups excluding carboxylic acids is 1. The average Bonchev–Trinajstić information content (AvgIpc) is 3.62. The van der Waals surface area contributed by atoms with Gasteiger partial charge in [0.25, 0.3) is 5.91 Å². The minimum atomic E-state index is -4.67. The fourth-order valence-electron chi connectivity index (χ4n) is 6.02. The van der Waals surface area contributed by atoms with Gasteiger partial charge in [0.1, 0.15) is 28.0 Å². The molecule has 0 bridgehead atoms. The number of ether oxygens (including phenoxy) is 1. The van der Waals surface area contributed by atoms with E-state index in [2.05, 4.69) is 44.6 Å². The summed E-state index contributed by atoms with van der Waals surface area (Å²) >= 11 is 7.42. The van der Waals surface area contributed by atoms with Gasteiger partial charge >= 0.3 is 6.18 Å². The molecule has 9 nitrogen and oxygen atoms in total. The van der Waals surface area contributed by atoms with Crippen LogP contribution in [0, 0.1) is 11.3 Å². The number of aromatic nitrogens is 2. The molecule has 0 spiro atoms. The minimum absolute atomic E-state index is 0.0599. The summed E-state index contributed by atoms with van der Waals surface area (Å²) in [6.45, 7) is 5.74. The Kier molecular flexibility index (Phi) is 10.9. The smallest absolute Gasteiger partial charge is 0.370 e. The Hall–Kier alpha value is -2.32. The molecule has 2 fully saturated rings. The Morgan fingerprint density at radius 3 is 2.56 bits per heavy atom. The summed E-state index contributed by atoms with van der Waals surface area (Å²) in [6.07, 6.45) is 0.414. The number of carbonyl (C=O) groups is 1. The number of hydrazine groups is 1. The van der Waals surface area contributed by atoms with Crippen LogP contribution in [0.3, 0.4) is 0 Å². The normalized spacial score (nSPS) is 21.8. The Morgan fingerprint density at radius 1 is 1.17 bits per heavy atom. The van der Waals surface area contributed by atoms with Crippen LogP contribution in [-0.2, 0) is 4.74 Å². The zero-order valence-corrected chi connectivity index (χ0v) is 28.3. The summed E-state index contributed by atoms with van der Waals surface area (Å²) in [7, 11) is 23.8. The highest BCUT2D eigenvalue weighted by Crippen LogP contribution is 2.73. The van der Waals surface area contributed by atoms with Crippen molar-refractivity contribution in [3.63, 3.8) is 0 Å². The van der Waals surface area contributed by atoms with Crippen LogP contribution in [0.5, 0.6) is 0 Å². The maximum atomic E-state index is 13.7. The SMILES string of the molecule is [B]C([B])(COC1C=CN(c2ccc(C(=O)NSc3cccc(NCCCC4CNC(C)(C)C4)n3)c(Cl)n2)N1)C([B])([B])C1(C(F)(F)F)CC1. The number of alkyl halides is 3. The van der Waals surface area contributed by atoms with E-state index >= 15 is 0 Å². The maximum absolute atomic E-state index is 13.7. The third-order valence-electron chi connectivity index (χ3n) is 9.09. The molecule has 4 heterocycles. The van der Waals surface area contributed by atoms with Crippen molar-refractivity contribution in [2.75, 3.05) is 30.0 Å². The highest BCUT2D eigenvalue weighted by Gasteiger charge is 2.71. The van der Waals surface area contributed by atoms with Crippen LogP contribution in [0.1, 0.15) is 56.3 Å². The molecule has 8 radical (unpaired) electrons. The molecule has 4 N–H and O–H groups in total. The summed E-state index contributed by atoms with van der Waals surface area (Å²) < 4.78 is 49.3. The molecule has 3 aliphatic rings. The largest absolute Gasteiger partial charge is 0.393 e. The van der Waals surface area contributed by atoms with Crippen LogP contribution in [0.4, 0.5) is 24.8 Å². The van der Waals surface area contributed by atoms with Crippen LogP contribution < -0.4 is 25.8 Å². The van der Waals surface area contributed by atoms with Crippen molar-refractivity contribution in [2.24, 2.45) is 11.3 Å². The van der Waals surface area contributed by atoms with Crippen molar-refractivity contribution in [2.45, 2.75) is 79.3 Å². The van der Waals surface area contributed by atoms with E-state index in [9.17, 15) is 18.0 Å². The van der Waals surface area contributed by atoms with E-state index in [1.807, 2.05) is 12.1 Å². The van der Waals surface area contributed by atoms with Gasteiger partial charge < -0.3 is 15.4 Å². The van der Waals surface area contributed by atoms with Crippen molar-refractivity contribution in [1.29, 1.82) is 0 Å². The lowest BCUT2D eigenvalue weighted by Gasteiger charge is -2.50. The molecule has 248 valence electrons. The van der Waals surface area contributed by atoms with Gasteiger partial charge in [-0.15, -0.1) is 0 Å². The first-order chi connectivity index (χ1) is 22.4. The molecular weight excluding hydrogens is 658 g/mol. The molecule has 1 saturated heterocycles. The number of pyridine rings is 2. The molecule has 18 heteroatoms. The van der Waals surface area contributed by atoms with Gasteiger partial charge in [-0.05, 0) is 88.8 Å².